The largest absolute Gasteiger partial charge is 0.508 e. The maximum Gasteiger partial charge on any atom is 0.252 e. The van der Waals surface area contributed by atoms with Crippen LogP contribution in [0.1, 0.15) is 49.0 Å². The lowest BCUT2D eigenvalue weighted by molar-refractivity contribution is 0.0951. The molecule has 10 nitrogen and oxygen atoms in total. The first kappa shape index (κ1) is 30.4. The molecule has 3 aliphatic rings. The van der Waals surface area contributed by atoms with Gasteiger partial charge in [-0.05, 0) is 86.7 Å². The van der Waals surface area contributed by atoms with Crippen LogP contribution in [0.25, 0.3) is 33.4 Å². The Balaban J connectivity index is 1.26. The molecule has 1 saturated heterocycles. The summed E-state index contributed by atoms with van der Waals surface area (Å²) in [4.78, 5) is 29.3. The number of hydrogen-bond donors (Lipinski definition) is 5. The number of piperidine rings is 1. The van der Waals surface area contributed by atoms with Crippen molar-refractivity contribution < 1.29 is 14.3 Å². The minimum absolute atomic E-state index is 0.0238. The van der Waals surface area contributed by atoms with Gasteiger partial charge in [0.2, 0.25) is 5.96 Å². The number of aromatic hydroxyl groups is 1. The normalized spacial score (nSPS) is 16.3. The Morgan fingerprint density at radius 1 is 0.978 bits per heavy atom. The molecule has 46 heavy (non-hydrogen) atoms. The molecule has 0 aromatic heterocycles. The number of carbonyl (C=O) groups excluding carboxylic acids is 1. The molecule has 234 valence electrons. The molecule has 0 saturated carbocycles. The van der Waals surface area contributed by atoms with Gasteiger partial charge in [-0.15, -0.1) is 0 Å². The highest BCUT2D eigenvalue weighted by atomic mass is 16.3. The lowest BCUT2D eigenvalue weighted by Gasteiger charge is -2.43. The van der Waals surface area contributed by atoms with Crippen molar-refractivity contribution in [3.05, 3.63) is 106 Å². The van der Waals surface area contributed by atoms with E-state index in [0.717, 1.165) is 30.4 Å². The fourth-order valence-corrected chi connectivity index (χ4v) is 6.42. The number of rotatable bonds is 5. The maximum absolute atomic E-state index is 13.7. The van der Waals surface area contributed by atoms with E-state index < -0.39 is 0 Å². The second-order valence-electron chi connectivity index (χ2n) is 11.8. The van der Waals surface area contributed by atoms with Crippen LogP contribution < -0.4 is 21.4 Å². The van der Waals surface area contributed by atoms with Crippen molar-refractivity contribution in [2.24, 2.45) is 5.73 Å². The van der Waals surface area contributed by atoms with Crippen molar-refractivity contribution >= 4 is 34.5 Å². The van der Waals surface area contributed by atoms with Gasteiger partial charge in [-0.25, -0.2) is 0 Å². The molecule has 0 radical (unpaired) electrons. The minimum atomic E-state index is -0.291. The summed E-state index contributed by atoms with van der Waals surface area (Å²) in [6, 6.07) is 24.2. The highest BCUT2D eigenvalue weighted by molar-refractivity contribution is 6.15. The standard InChI is InChI=1S/C36H36N6O4/c1-21-6-5-7-22(2)41(21)36(39)42(35(37)38)24-12-10-23(11-13-24)20-40-34(45)28-9-4-3-8-27(28)33-29-16-14-25(43)18-31(29)46-32-19-26(44)15-17-30(32)33/h3-4,8-19,21-22,39,43H,5-7,20H2,1-2H3,(H3,37,38)(H,40,45)/t21-,22+. The quantitative estimate of drug-likeness (QED) is 0.0906. The van der Waals surface area contributed by atoms with E-state index in [1.165, 1.54) is 23.1 Å². The average molecular weight is 617 g/mol. The fraction of sp³-hybridized carbons (Fsp3) is 0.222. The zero-order valence-corrected chi connectivity index (χ0v) is 25.7. The van der Waals surface area contributed by atoms with Crippen molar-refractivity contribution in [2.75, 3.05) is 4.90 Å². The van der Waals surface area contributed by atoms with Crippen LogP contribution >= 0.6 is 0 Å². The molecular formula is C36H36N6O4. The summed E-state index contributed by atoms with van der Waals surface area (Å²) >= 11 is 0. The number of guanidine groups is 2. The summed E-state index contributed by atoms with van der Waals surface area (Å²) in [5.74, 6) is 0.0353. The molecule has 6 rings (SSSR count). The third-order valence-corrected chi connectivity index (χ3v) is 8.66. The smallest absolute Gasteiger partial charge is 0.252 e. The van der Waals surface area contributed by atoms with E-state index in [-0.39, 0.29) is 47.6 Å². The number of phenols is 1. The van der Waals surface area contributed by atoms with Gasteiger partial charge in [0.15, 0.2) is 11.4 Å². The minimum Gasteiger partial charge on any atom is -0.508 e. The number of nitrogens with zero attached hydrogens (tertiary/aromatic N) is 2. The van der Waals surface area contributed by atoms with Crippen LogP contribution in [0.15, 0.2) is 94.1 Å². The Hall–Kier alpha value is -5.64. The number of nitrogens with two attached hydrogens (primary N) is 1. The molecule has 2 atom stereocenters. The van der Waals surface area contributed by atoms with Gasteiger partial charge in [0.1, 0.15) is 17.1 Å². The summed E-state index contributed by atoms with van der Waals surface area (Å²) in [7, 11) is 0. The highest BCUT2D eigenvalue weighted by Gasteiger charge is 2.31. The number of benzene rings is 4. The number of fused-ring (bicyclic) bond motifs is 2. The SMILES string of the molecule is C[C@@H]1CCC[C@H](C)N1C(=N)N(C(=N)N)c1ccc(CNC(=O)c2ccccc2-c2c3ccc(=O)cc-3oc3cc(O)ccc23)cc1. The number of carbonyl (C=O) groups is 1. The monoisotopic (exact) mass is 616 g/mol. The molecule has 2 aliphatic heterocycles. The number of phenolic OH excluding ortho intramolecular Hbond substituents is 1. The van der Waals surface area contributed by atoms with Crippen molar-refractivity contribution in [3.63, 3.8) is 0 Å². The van der Waals surface area contributed by atoms with E-state index in [9.17, 15) is 14.7 Å². The Bertz CT molecular complexity index is 1980. The Kier molecular flexibility index (Phi) is 8.19. The molecule has 3 aromatic rings. The van der Waals surface area contributed by atoms with Gasteiger partial charge in [-0.2, -0.15) is 0 Å². The van der Waals surface area contributed by atoms with E-state index in [1.807, 2.05) is 29.2 Å². The van der Waals surface area contributed by atoms with E-state index in [1.54, 1.807) is 42.5 Å². The fourth-order valence-electron chi connectivity index (χ4n) is 6.42. The molecule has 3 aromatic carbocycles. The third kappa shape index (κ3) is 5.77. The van der Waals surface area contributed by atoms with Crippen LogP contribution in [0.2, 0.25) is 0 Å². The number of hydrogen-bond acceptors (Lipinski definition) is 6. The van der Waals surface area contributed by atoms with Crippen LogP contribution in [0.3, 0.4) is 0 Å². The van der Waals surface area contributed by atoms with Gasteiger partial charge in [-0.1, -0.05) is 30.3 Å². The van der Waals surface area contributed by atoms with Crippen LogP contribution in [-0.4, -0.2) is 39.9 Å². The van der Waals surface area contributed by atoms with E-state index >= 15 is 0 Å². The van der Waals surface area contributed by atoms with Crippen molar-refractivity contribution in [3.8, 4) is 28.2 Å². The van der Waals surface area contributed by atoms with E-state index in [4.69, 9.17) is 21.0 Å². The first-order valence-electron chi connectivity index (χ1n) is 15.3. The summed E-state index contributed by atoms with van der Waals surface area (Å²) in [6.07, 6.45) is 3.08. The van der Waals surface area contributed by atoms with Crippen LogP contribution in [0, 0.1) is 10.8 Å². The maximum atomic E-state index is 13.7. The summed E-state index contributed by atoms with van der Waals surface area (Å²) < 4.78 is 5.98. The summed E-state index contributed by atoms with van der Waals surface area (Å²) in [5, 5.41) is 30.9. The first-order valence-corrected chi connectivity index (χ1v) is 15.3. The Morgan fingerprint density at radius 3 is 2.41 bits per heavy atom. The molecular weight excluding hydrogens is 580 g/mol. The molecule has 2 heterocycles. The van der Waals surface area contributed by atoms with E-state index in [2.05, 4.69) is 19.2 Å². The topological polar surface area (TPSA) is 160 Å². The lowest BCUT2D eigenvalue weighted by atomic mass is 9.90. The average Bonchev–Trinajstić information content (AvgIpc) is 3.03. The molecule has 0 unspecified atom stereocenters. The zero-order chi connectivity index (χ0) is 32.5. The van der Waals surface area contributed by atoms with Crippen molar-refractivity contribution in [1.29, 1.82) is 10.8 Å². The van der Waals surface area contributed by atoms with Gasteiger partial charge < -0.3 is 25.5 Å². The molecule has 0 spiro atoms. The summed E-state index contributed by atoms with van der Waals surface area (Å²) in [5.41, 5.74) is 10.1. The molecule has 1 fully saturated rings. The molecule has 6 N–H and O–H groups in total. The van der Waals surface area contributed by atoms with Gasteiger partial charge in [0, 0.05) is 52.8 Å². The third-order valence-electron chi connectivity index (χ3n) is 8.66. The van der Waals surface area contributed by atoms with Crippen LogP contribution in [0.5, 0.6) is 5.75 Å². The molecule has 1 amide bonds. The zero-order valence-electron chi connectivity index (χ0n) is 25.7. The number of nitrogens with one attached hydrogen (secondary N) is 3. The highest BCUT2D eigenvalue weighted by Crippen LogP contribution is 2.41. The molecule has 1 aliphatic carbocycles. The van der Waals surface area contributed by atoms with Gasteiger partial charge in [0.25, 0.3) is 5.91 Å². The van der Waals surface area contributed by atoms with E-state index in [0.29, 0.717) is 39.1 Å². The number of likely N-dealkylation sites (tertiary alicyclic amines) is 1. The van der Waals surface area contributed by atoms with Gasteiger partial charge in [0.05, 0.1) is 5.69 Å². The number of anilines is 1. The Labute approximate surface area is 266 Å². The van der Waals surface area contributed by atoms with Crippen LogP contribution in [-0.2, 0) is 6.54 Å². The van der Waals surface area contributed by atoms with Gasteiger partial charge >= 0.3 is 0 Å². The number of amides is 1. The van der Waals surface area contributed by atoms with Crippen molar-refractivity contribution in [1.82, 2.24) is 10.2 Å². The first-order chi connectivity index (χ1) is 22.1. The summed E-state index contributed by atoms with van der Waals surface area (Å²) in [6.45, 7) is 4.43. The molecule has 10 heteroatoms. The van der Waals surface area contributed by atoms with Crippen molar-refractivity contribution in [2.45, 2.75) is 51.7 Å². The second kappa shape index (κ2) is 12.4. The molecule has 0 bridgehead atoms. The van der Waals surface area contributed by atoms with Crippen LogP contribution in [0.4, 0.5) is 5.69 Å². The predicted octanol–water partition coefficient (Wildman–Crippen LogP) is 6.10. The Morgan fingerprint density at radius 2 is 1.70 bits per heavy atom. The predicted molar refractivity (Wildman–Crippen MR) is 181 cm³/mol. The van der Waals surface area contributed by atoms with Gasteiger partial charge in [-0.3, -0.25) is 25.3 Å². The second-order valence-corrected chi connectivity index (χ2v) is 11.8. The lowest BCUT2D eigenvalue weighted by Crippen LogP contribution is -2.56.